The van der Waals surface area contributed by atoms with E-state index in [2.05, 4.69) is 10.6 Å². The topological polar surface area (TPSA) is 87.7 Å². The van der Waals surface area contributed by atoms with Crippen LogP contribution in [0.15, 0.2) is 48.5 Å². The molecule has 148 valence electrons. The molecule has 0 atom stereocenters. The number of benzene rings is 2. The lowest BCUT2D eigenvalue weighted by Crippen LogP contribution is -2.36. The van der Waals surface area contributed by atoms with Crippen molar-refractivity contribution in [2.75, 3.05) is 37.4 Å². The molecule has 0 radical (unpaired) electrons. The number of amides is 2. The van der Waals surface area contributed by atoms with Crippen LogP contribution in [-0.4, -0.2) is 49.4 Å². The molecule has 2 amide bonds. The quantitative estimate of drug-likeness (QED) is 0.661. The first-order valence-electron chi connectivity index (χ1n) is 8.69. The van der Waals surface area contributed by atoms with Crippen molar-refractivity contribution in [3.8, 4) is 0 Å². The standard InChI is InChI=1S/C20H22ClN3O4/c1-3-28-20(27)16-6-4-5-7-17(16)23-19(26)13-24(2)12-18(25)22-15-10-8-14(21)9-11-15/h4-11H,3,12-13H2,1-2H3,(H,22,25)(H,23,26). The number of nitrogens with one attached hydrogen (secondary N) is 2. The largest absolute Gasteiger partial charge is 0.462 e. The van der Waals surface area contributed by atoms with E-state index in [4.69, 9.17) is 16.3 Å². The Morgan fingerprint density at radius 2 is 1.57 bits per heavy atom. The lowest BCUT2D eigenvalue weighted by Gasteiger charge is -2.17. The molecule has 7 nitrogen and oxygen atoms in total. The van der Waals surface area contributed by atoms with E-state index in [-0.39, 0.29) is 37.1 Å². The van der Waals surface area contributed by atoms with Gasteiger partial charge in [0.05, 0.1) is 30.9 Å². The predicted molar refractivity (Wildman–Crippen MR) is 109 cm³/mol. The van der Waals surface area contributed by atoms with Gasteiger partial charge < -0.3 is 15.4 Å². The number of hydrogen-bond donors (Lipinski definition) is 2. The first-order valence-corrected chi connectivity index (χ1v) is 9.06. The molecule has 2 N–H and O–H groups in total. The van der Waals surface area contributed by atoms with Crippen molar-refractivity contribution in [3.63, 3.8) is 0 Å². The zero-order valence-corrected chi connectivity index (χ0v) is 16.5. The SMILES string of the molecule is CCOC(=O)c1ccccc1NC(=O)CN(C)CC(=O)Nc1ccc(Cl)cc1. The lowest BCUT2D eigenvalue weighted by molar-refractivity contribution is -0.119. The molecular formula is C20H22ClN3O4. The molecule has 0 spiro atoms. The third kappa shape index (κ3) is 6.68. The maximum Gasteiger partial charge on any atom is 0.340 e. The normalized spacial score (nSPS) is 10.4. The number of carbonyl (C=O) groups excluding carboxylic acids is 3. The van der Waals surface area contributed by atoms with E-state index in [1.807, 2.05) is 0 Å². The summed E-state index contributed by atoms with van der Waals surface area (Å²) < 4.78 is 4.99. The summed E-state index contributed by atoms with van der Waals surface area (Å²) in [5.41, 5.74) is 1.27. The number of ether oxygens (including phenoxy) is 1. The maximum absolute atomic E-state index is 12.3. The highest BCUT2D eigenvalue weighted by Gasteiger charge is 2.16. The highest BCUT2D eigenvalue weighted by Crippen LogP contribution is 2.16. The maximum atomic E-state index is 12.3. The Bertz CT molecular complexity index is 840. The van der Waals surface area contributed by atoms with Crippen LogP contribution in [-0.2, 0) is 14.3 Å². The first-order chi connectivity index (χ1) is 13.4. The monoisotopic (exact) mass is 403 g/mol. The van der Waals surface area contributed by atoms with Crippen LogP contribution in [0.1, 0.15) is 17.3 Å². The van der Waals surface area contributed by atoms with Gasteiger partial charge in [-0.1, -0.05) is 23.7 Å². The molecule has 2 aromatic carbocycles. The molecule has 0 aliphatic heterocycles. The summed E-state index contributed by atoms with van der Waals surface area (Å²) in [5, 5.41) is 5.99. The second-order valence-corrected chi connectivity index (χ2v) is 6.48. The van der Waals surface area contributed by atoms with Gasteiger partial charge in [-0.2, -0.15) is 0 Å². The molecule has 2 rings (SSSR count). The number of nitrogens with zero attached hydrogens (tertiary/aromatic N) is 1. The van der Waals surface area contributed by atoms with Crippen LogP contribution in [0.4, 0.5) is 11.4 Å². The average Bonchev–Trinajstić information content (AvgIpc) is 2.64. The number of hydrogen-bond acceptors (Lipinski definition) is 5. The van der Waals surface area contributed by atoms with Gasteiger partial charge in [0.2, 0.25) is 11.8 Å². The van der Waals surface area contributed by atoms with E-state index in [1.165, 1.54) is 0 Å². The van der Waals surface area contributed by atoms with Gasteiger partial charge in [0.15, 0.2) is 0 Å². The minimum Gasteiger partial charge on any atom is -0.462 e. The second-order valence-electron chi connectivity index (χ2n) is 6.04. The molecule has 0 fully saturated rings. The van der Waals surface area contributed by atoms with Gasteiger partial charge in [0.1, 0.15) is 0 Å². The molecule has 0 saturated heterocycles. The van der Waals surface area contributed by atoms with Crippen LogP contribution < -0.4 is 10.6 Å². The van der Waals surface area contributed by atoms with E-state index < -0.39 is 5.97 Å². The van der Waals surface area contributed by atoms with Crippen molar-refractivity contribution in [2.45, 2.75) is 6.92 Å². The van der Waals surface area contributed by atoms with Gasteiger partial charge in [-0.3, -0.25) is 14.5 Å². The average molecular weight is 404 g/mol. The van der Waals surface area contributed by atoms with Gasteiger partial charge >= 0.3 is 5.97 Å². The molecule has 0 unspecified atom stereocenters. The Morgan fingerprint density at radius 3 is 2.21 bits per heavy atom. The van der Waals surface area contributed by atoms with Gasteiger partial charge in [-0.05, 0) is 50.4 Å². The third-order valence-electron chi connectivity index (χ3n) is 3.65. The minimum atomic E-state index is -0.505. The summed E-state index contributed by atoms with van der Waals surface area (Å²) in [5.74, 6) is -1.11. The fourth-order valence-corrected chi connectivity index (χ4v) is 2.57. The molecule has 0 aromatic heterocycles. The van der Waals surface area contributed by atoms with Crippen molar-refractivity contribution >= 4 is 40.8 Å². The highest BCUT2D eigenvalue weighted by molar-refractivity contribution is 6.30. The molecule has 8 heteroatoms. The highest BCUT2D eigenvalue weighted by atomic mass is 35.5. The van der Waals surface area contributed by atoms with Crippen LogP contribution in [0.5, 0.6) is 0 Å². The van der Waals surface area contributed by atoms with Gasteiger partial charge in [0, 0.05) is 10.7 Å². The van der Waals surface area contributed by atoms with Crippen molar-refractivity contribution in [1.82, 2.24) is 4.90 Å². The van der Waals surface area contributed by atoms with Crippen molar-refractivity contribution in [3.05, 3.63) is 59.1 Å². The lowest BCUT2D eigenvalue weighted by atomic mass is 10.2. The van der Waals surface area contributed by atoms with Gasteiger partial charge in [-0.25, -0.2) is 4.79 Å². The number of anilines is 2. The first kappa shape index (κ1) is 21.4. The number of esters is 1. The van der Waals surface area contributed by atoms with Crippen molar-refractivity contribution in [2.24, 2.45) is 0 Å². The number of likely N-dealkylation sites (N-methyl/N-ethyl adjacent to an activating group) is 1. The van der Waals surface area contributed by atoms with Crippen molar-refractivity contribution < 1.29 is 19.1 Å². The Hall–Kier alpha value is -2.90. The zero-order valence-electron chi connectivity index (χ0n) is 15.7. The minimum absolute atomic E-state index is 0.0226. The summed E-state index contributed by atoms with van der Waals surface area (Å²) in [6, 6.07) is 13.3. The van der Waals surface area contributed by atoms with E-state index in [9.17, 15) is 14.4 Å². The fraction of sp³-hybridized carbons (Fsp3) is 0.250. The molecule has 0 aliphatic rings. The molecule has 0 saturated carbocycles. The van der Waals surface area contributed by atoms with Crippen LogP contribution in [0.25, 0.3) is 0 Å². The fourth-order valence-electron chi connectivity index (χ4n) is 2.45. The van der Waals surface area contributed by atoms with Crippen molar-refractivity contribution in [1.29, 1.82) is 0 Å². The third-order valence-corrected chi connectivity index (χ3v) is 3.90. The van der Waals surface area contributed by atoms with E-state index in [1.54, 1.807) is 67.4 Å². The number of halogens is 1. The van der Waals surface area contributed by atoms with Crippen LogP contribution in [0, 0.1) is 0 Å². The Kier molecular flexibility index (Phi) is 7.98. The smallest absolute Gasteiger partial charge is 0.340 e. The molecule has 0 bridgehead atoms. The summed E-state index contributed by atoms with van der Waals surface area (Å²) >= 11 is 5.81. The molecule has 2 aromatic rings. The zero-order chi connectivity index (χ0) is 20.5. The van der Waals surface area contributed by atoms with Gasteiger partial charge in [0.25, 0.3) is 0 Å². The molecule has 0 aliphatic carbocycles. The summed E-state index contributed by atoms with van der Waals surface area (Å²) in [4.78, 5) is 37.9. The second kappa shape index (κ2) is 10.4. The van der Waals surface area contributed by atoms with Crippen LogP contribution in [0.2, 0.25) is 5.02 Å². The molecular weight excluding hydrogens is 382 g/mol. The number of carbonyl (C=O) groups is 3. The summed E-state index contributed by atoms with van der Waals surface area (Å²) in [6.45, 7) is 1.95. The summed E-state index contributed by atoms with van der Waals surface area (Å²) in [6.07, 6.45) is 0. The number of rotatable bonds is 8. The molecule has 28 heavy (non-hydrogen) atoms. The number of para-hydroxylation sites is 1. The summed E-state index contributed by atoms with van der Waals surface area (Å²) in [7, 11) is 1.65. The molecule has 0 heterocycles. The Balaban J connectivity index is 1.88. The Labute approximate surface area is 168 Å². The van der Waals surface area contributed by atoms with E-state index >= 15 is 0 Å². The van der Waals surface area contributed by atoms with E-state index in [0.717, 1.165) is 0 Å². The Morgan fingerprint density at radius 1 is 0.964 bits per heavy atom. The van der Waals surface area contributed by atoms with Crippen LogP contribution >= 0.6 is 11.6 Å². The van der Waals surface area contributed by atoms with Gasteiger partial charge in [-0.15, -0.1) is 0 Å². The predicted octanol–water partition coefficient (Wildman–Crippen LogP) is 3.03. The van der Waals surface area contributed by atoms with E-state index in [0.29, 0.717) is 16.4 Å². The van der Waals surface area contributed by atoms with Crippen LogP contribution in [0.3, 0.4) is 0 Å².